The third-order valence-electron chi connectivity index (χ3n) is 2.49. The van der Waals surface area contributed by atoms with Gasteiger partial charge in [0.1, 0.15) is 11.3 Å². The molecule has 0 fully saturated rings. The van der Waals surface area contributed by atoms with Gasteiger partial charge in [-0.15, -0.1) is 0 Å². The molecule has 0 aliphatic heterocycles. The summed E-state index contributed by atoms with van der Waals surface area (Å²) in [6.07, 6.45) is 0.767. The van der Waals surface area contributed by atoms with Crippen molar-refractivity contribution in [2.45, 2.75) is 26.3 Å². The van der Waals surface area contributed by atoms with Gasteiger partial charge >= 0.3 is 0 Å². The van der Waals surface area contributed by atoms with Crippen LogP contribution in [-0.2, 0) is 0 Å². The average molecular weight is 257 g/mol. The third-order valence-corrected chi connectivity index (χ3v) is 2.78. The number of nitrogens with two attached hydrogens (primary N) is 1. The molecule has 0 aliphatic carbocycles. The average Bonchev–Trinajstić information content (AvgIpc) is 2.60. The fraction of sp³-hybridized carbons (Fsp3) is 0.417. The molecule has 2 N–H and O–H groups in total. The molecule has 0 saturated carbocycles. The SMILES string of the molecule is CC(C)CC(N)c1nc2cc(Cl)c(F)cc2o1. The molecule has 1 atom stereocenters. The predicted octanol–water partition coefficient (Wildman–Crippen LogP) is 3.67. The summed E-state index contributed by atoms with van der Waals surface area (Å²) in [6, 6.07) is 2.40. The number of hydrogen-bond acceptors (Lipinski definition) is 3. The second kappa shape index (κ2) is 4.63. The highest BCUT2D eigenvalue weighted by molar-refractivity contribution is 6.31. The van der Waals surface area contributed by atoms with Crippen molar-refractivity contribution in [1.29, 1.82) is 0 Å². The molecule has 92 valence electrons. The summed E-state index contributed by atoms with van der Waals surface area (Å²) < 4.78 is 18.6. The van der Waals surface area contributed by atoms with Crippen molar-refractivity contribution in [3.63, 3.8) is 0 Å². The van der Waals surface area contributed by atoms with E-state index in [-0.39, 0.29) is 11.1 Å². The second-order valence-electron chi connectivity index (χ2n) is 4.52. The lowest BCUT2D eigenvalue weighted by atomic mass is 10.0. The summed E-state index contributed by atoms with van der Waals surface area (Å²) in [5, 5.41) is 0.0368. The molecule has 2 rings (SSSR count). The van der Waals surface area contributed by atoms with Crippen molar-refractivity contribution in [2.75, 3.05) is 0 Å². The maximum Gasteiger partial charge on any atom is 0.212 e. The summed E-state index contributed by atoms with van der Waals surface area (Å²) in [6.45, 7) is 4.14. The minimum Gasteiger partial charge on any atom is -0.439 e. The Morgan fingerprint density at radius 1 is 1.47 bits per heavy atom. The Morgan fingerprint density at radius 3 is 2.82 bits per heavy atom. The third kappa shape index (κ3) is 2.58. The fourth-order valence-electron chi connectivity index (χ4n) is 1.71. The van der Waals surface area contributed by atoms with E-state index in [0.717, 1.165) is 6.42 Å². The molecule has 0 aliphatic rings. The largest absolute Gasteiger partial charge is 0.439 e. The van der Waals surface area contributed by atoms with Crippen LogP contribution < -0.4 is 5.73 Å². The van der Waals surface area contributed by atoms with Gasteiger partial charge in [-0.1, -0.05) is 25.4 Å². The summed E-state index contributed by atoms with van der Waals surface area (Å²) in [7, 11) is 0. The molecule has 2 aromatic rings. The van der Waals surface area contributed by atoms with Gasteiger partial charge in [-0.3, -0.25) is 0 Å². The summed E-state index contributed by atoms with van der Waals surface area (Å²) >= 11 is 5.67. The Labute approximate surface area is 104 Å². The van der Waals surface area contributed by atoms with Gasteiger partial charge in [0.15, 0.2) is 5.58 Å². The first-order chi connectivity index (χ1) is 7.97. The summed E-state index contributed by atoms with van der Waals surface area (Å²) in [5.41, 5.74) is 6.86. The minimum absolute atomic E-state index is 0.0368. The molecule has 5 heteroatoms. The highest BCUT2D eigenvalue weighted by Crippen LogP contribution is 2.26. The van der Waals surface area contributed by atoms with Gasteiger partial charge in [0.25, 0.3) is 0 Å². The zero-order valence-electron chi connectivity index (χ0n) is 9.71. The number of halogens is 2. The molecule has 0 radical (unpaired) electrons. The molecule has 1 unspecified atom stereocenters. The summed E-state index contributed by atoms with van der Waals surface area (Å²) in [5.74, 6) is 0.356. The standard InChI is InChI=1S/C12H14ClFN2O/c1-6(2)3-9(15)12-16-10-4-7(13)8(14)5-11(10)17-12/h4-6,9H,3,15H2,1-2H3. The number of oxazole rings is 1. The summed E-state index contributed by atoms with van der Waals surface area (Å²) in [4.78, 5) is 4.22. The fourth-order valence-corrected chi connectivity index (χ4v) is 1.87. The van der Waals surface area contributed by atoms with Crippen molar-refractivity contribution in [2.24, 2.45) is 11.7 Å². The zero-order valence-corrected chi connectivity index (χ0v) is 10.5. The normalized spacial score (nSPS) is 13.5. The van der Waals surface area contributed by atoms with E-state index in [1.165, 1.54) is 12.1 Å². The van der Waals surface area contributed by atoms with E-state index in [1.807, 2.05) is 0 Å². The van der Waals surface area contributed by atoms with Gasteiger partial charge in [0.05, 0.1) is 11.1 Å². The molecule has 17 heavy (non-hydrogen) atoms. The highest BCUT2D eigenvalue weighted by Gasteiger charge is 2.16. The first-order valence-electron chi connectivity index (χ1n) is 5.48. The van der Waals surface area contributed by atoms with E-state index < -0.39 is 5.82 Å². The van der Waals surface area contributed by atoms with Crippen LogP contribution in [-0.4, -0.2) is 4.98 Å². The lowest BCUT2D eigenvalue weighted by Gasteiger charge is -2.09. The molecule has 1 aromatic carbocycles. The van der Waals surface area contributed by atoms with Crippen LogP contribution in [0.2, 0.25) is 5.02 Å². The first kappa shape index (κ1) is 12.3. The number of hydrogen-bond donors (Lipinski definition) is 1. The maximum atomic E-state index is 13.2. The first-order valence-corrected chi connectivity index (χ1v) is 5.86. The number of fused-ring (bicyclic) bond motifs is 1. The van der Waals surface area contributed by atoms with Crippen molar-refractivity contribution in [3.8, 4) is 0 Å². The Balaban J connectivity index is 2.37. The molecule has 3 nitrogen and oxygen atoms in total. The van der Waals surface area contributed by atoms with E-state index in [2.05, 4.69) is 18.8 Å². The monoisotopic (exact) mass is 256 g/mol. The van der Waals surface area contributed by atoms with Crippen molar-refractivity contribution >= 4 is 22.7 Å². The van der Waals surface area contributed by atoms with Crippen LogP contribution in [0, 0.1) is 11.7 Å². The molecule has 0 spiro atoms. The van der Waals surface area contributed by atoms with E-state index in [0.29, 0.717) is 22.9 Å². The van der Waals surface area contributed by atoms with Crippen molar-refractivity contribution in [1.82, 2.24) is 4.98 Å². The van der Waals surface area contributed by atoms with Gasteiger partial charge < -0.3 is 10.2 Å². The van der Waals surface area contributed by atoms with E-state index in [4.69, 9.17) is 21.8 Å². The van der Waals surface area contributed by atoms with Gasteiger partial charge in [0, 0.05) is 6.07 Å². The van der Waals surface area contributed by atoms with E-state index >= 15 is 0 Å². The minimum atomic E-state index is -0.515. The Bertz CT molecular complexity index is 500. The van der Waals surface area contributed by atoms with Gasteiger partial charge in [-0.05, 0) is 18.4 Å². The Morgan fingerprint density at radius 2 is 2.18 bits per heavy atom. The van der Waals surface area contributed by atoms with Crippen LogP contribution in [0.25, 0.3) is 11.1 Å². The number of rotatable bonds is 3. The topological polar surface area (TPSA) is 52.0 Å². The predicted molar refractivity (Wildman–Crippen MR) is 65.4 cm³/mol. The number of aromatic nitrogens is 1. The van der Waals surface area contributed by atoms with Gasteiger partial charge in [0.2, 0.25) is 5.89 Å². The Kier molecular flexibility index (Phi) is 3.35. The zero-order chi connectivity index (χ0) is 12.6. The van der Waals surface area contributed by atoms with Crippen LogP contribution in [0.4, 0.5) is 4.39 Å². The maximum absolute atomic E-state index is 13.2. The van der Waals surface area contributed by atoms with Crippen LogP contribution in [0.1, 0.15) is 32.2 Å². The van der Waals surface area contributed by atoms with Crippen LogP contribution in [0.5, 0.6) is 0 Å². The van der Waals surface area contributed by atoms with Crippen LogP contribution in [0.15, 0.2) is 16.5 Å². The van der Waals surface area contributed by atoms with Gasteiger partial charge in [-0.2, -0.15) is 0 Å². The molecular formula is C12H14ClFN2O. The second-order valence-corrected chi connectivity index (χ2v) is 4.93. The van der Waals surface area contributed by atoms with Gasteiger partial charge in [-0.25, -0.2) is 9.37 Å². The Hall–Kier alpha value is -1.13. The molecule has 0 bridgehead atoms. The number of nitrogens with zero attached hydrogens (tertiary/aromatic N) is 1. The van der Waals surface area contributed by atoms with Crippen LogP contribution >= 0.6 is 11.6 Å². The van der Waals surface area contributed by atoms with E-state index in [1.54, 1.807) is 0 Å². The lowest BCUT2D eigenvalue weighted by molar-refractivity contribution is 0.417. The molecular weight excluding hydrogens is 243 g/mol. The molecule has 1 heterocycles. The van der Waals surface area contributed by atoms with Crippen LogP contribution in [0.3, 0.4) is 0 Å². The van der Waals surface area contributed by atoms with E-state index in [9.17, 15) is 4.39 Å². The number of benzene rings is 1. The quantitative estimate of drug-likeness (QED) is 0.912. The molecule has 0 saturated heterocycles. The molecule has 1 aromatic heterocycles. The smallest absolute Gasteiger partial charge is 0.212 e. The highest BCUT2D eigenvalue weighted by atomic mass is 35.5. The van der Waals surface area contributed by atoms with Crippen molar-refractivity contribution < 1.29 is 8.81 Å². The lowest BCUT2D eigenvalue weighted by Crippen LogP contribution is -2.13. The van der Waals surface area contributed by atoms with Crippen molar-refractivity contribution in [3.05, 3.63) is 28.9 Å². The molecule has 0 amide bonds.